The van der Waals surface area contributed by atoms with E-state index in [1.165, 1.54) is 5.56 Å². The number of amides is 1. The number of benzene rings is 1. The number of hydrogen-bond acceptors (Lipinski definition) is 3. The molecule has 1 amide bonds. The van der Waals surface area contributed by atoms with Gasteiger partial charge in [-0.05, 0) is 31.0 Å². The van der Waals surface area contributed by atoms with E-state index in [0.717, 1.165) is 11.4 Å². The van der Waals surface area contributed by atoms with Crippen LogP contribution in [0.1, 0.15) is 12.5 Å². The summed E-state index contributed by atoms with van der Waals surface area (Å²) in [6.45, 7) is 3.67. The zero-order valence-corrected chi connectivity index (χ0v) is 14.3. The van der Waals surface area contributed by atoms with E-state index in [1.54, 1.807) is 12.0 Å². The summed E-state index contributed by atoms with van der Waals surface area (Å²) in [6.07, 6.45) is 0.817. The molecule has 1 rings (SSSR count). The zero-order chi connectivity index (χ0) is 15.0. The van der Waals surface area contributed by atoms with Gasteiger partial charge in [-0.15, -0.1) is 12.4 Å². The first-order valence-electron chi connectivity index (χ1n) is 6.74. The predicted octanol–water partition coefficient (Wildman–Crippen LogP) is 2.39. The average Bonchev–Trinajstić information content (AvgIpc) is 2.45. The lowest BCUT2D eigenvalue weighted by Gasteiger charge is -2.25. The number of halogens is 2. The highest BCUT2D eigenvalue weighted by atomic mass is 35.5. The molecule has 120 valence electrons. The molecule has 0 aliphatic carbocycles. The van der Waals surface area contributed by atoms with E-state index in [4.69, 9.17) is 16.3 Å². The zero-order valence-electron chi connectivity index (χ0n) is 12.8. The Morgan fingerprint density at radius 1 is 1.38 bits per heavy atom. The van der Waals surface area contributed by atoms with Crippen LogP contribution < -0.4 is 5.32 Å². The van der Waals surface area contributed by atoms with Gasteiger partial charge in [-0.25, -0.2) is 0 Å². The van der Waals surface area contributed by atoms with Gasteiger partial charge in [0.15, 0.2) is 0 Å². The third-order valence-electron chi connectivity index (χ3n) is 3.26. The van der Waals surface area contributed by atoms with Crippen LogP contribution >= 0.6 is 24.0 Å². The summed E-state index contributed by atoms with van der Waals surface area (Å²) in [6, 6.07) is 7.88. The van der Waals surface area contributed by atoms with Crippen LogP contribution in [0.5, 0.6) is 0 Å². The lowest BCUT2D eigenvalue weighted by molar-refractivity contribution is -0.130. The van der Waals surface area contributed by atoms with Crippen LogP contribution in [-0.2, 0) is 16.0 Å². The number of ether oxygens (including phenoxy) is 1. The number of methoxy groups -OCH3 is 1. The summed E-state index contributed by atoms with van der Waals surface area (Å²) in [7, 11) is 3.48. The summed E-state index contributed by atoms with van der Waals surface area (Å²) < 4.78 is 4.92. The van der Waals surface area contributed by atoms with E-state index in [2.05, 4.69) is 5.32 Å². The largest absolute Gasteiger partial charge is 0.383 e. The van der Waals surface area contributed by atoms with Crippen LogP contribution in [0.15, 0.2) is 24.3 Å². The molecule has 1 atom stereocenters. The van der Waals surface area contributed by atoms with Gasteiger partial charge in [-0.1, -0.05) is 23.7 Å². The maximum Gasteiger partial charge on any atom is 0.236 e. The minimum absolute atomic E-state index is 0. The van der Waals surface area contributed by atoms with Crippen LogP contribution in [0.25, 0.3) is 0 Å². The molecule has 0 saturated heterocycles. The van der Waals surface area contributed by atoms with Gasteiger partial charge in [0.05, 0.1) is 13.2 Å². The van der Waals surface area contributed by atoms with Gasteiger partial charge >= 0.3 is 0 Å². The van der Waals surface area contributed by atoms with Crippen LogP contribution in [0, 0.1) is 0 Å². The quantitative estimate of drug-likeness (QED) is 0.742. The van der Waals surface area contributed by atoms with Crippen molar-refractivity contribution < 1.29 is 9.53 Å². The molecule has 0 aliphatic rings. The molecule has 0 aliphatic heterocycles. The smallest absolute Gasteiger partial charge is 0.236 e. The molecule has 1 N–H and O–H groups in total. The second-order valence-electron chi connectivity index (χ2n) is 4.85. The minimum atomic E-state index is 0. The Hall–Kier alpha value is -0.810. The molecular formula is C15H24Cl2N2O2. The number of nitrogens with one attached hydrogen (secondary N) is 1. The minimum Gasteiger partial charge on any atom is -0.383 e. The maximum absolute atomic E-state index is 12.0. The molecule has 0 heterocycles. The molecule has 0 bridgehead atoms. The SMILES string of the molecule is COCCNCC(=O)N(C)C(C)Cc1ccc(Cl)cc1.Cl. The lowest BCUT2D eigenvalue weighted by Crippen LogP contribution is -2.42. The standard InChI is InChI=1S/C15H23ClN2O2.ClH/c1-12(10-13-4-6-14(16)7-5-13)18(2)15(19)11-17-8-9-20-3;/h4-7,12,17H,8-11H2,1-3H3;1H. The Bertz CT molecular complexity index is 413. The first kappa shape index (κ1) is 20.2. The van der Waals surface area contributed by atoms with E-state index in [-0.39, 0.29) is 24.4 Å². The van der Waals surface area contributed by atoms with Crippen molar-refractivity contribution in [2.45, 2.75) is 19.4 Å². The van der Waals surface area contributed by atoms with E-state index in [9.17, 15) is 4.79 Å². The number of nitrogens with zero attached hydrogens (tertiary/aromatic N) is 1. The van der Waals surface area contributed by atoms with Crippen molar-refractivity contribution in [3.8, 4) is 0 Å². The number of rotatable bonds is 8. The van der Waals surface area contributed by atoms with E-state index in [0.29, 0.717) is 19.7 Å². The Balaban J connectivity index is 0.00000400. The van der Waals surface area contributed by atoms with Crippen molar-refractivity contribution in [2.75, 3.05) is 33.9 Å². The molecule has 6 heteroatoms. The monoisotopic (exact) mass is 334 g/mol. The Kier molecular flexibility index (Phi) is 10.4. The third-order valence-corrected chi connectivity index (χ3v) is 3.51. The van der Waals surface area contributed by atoms with Crippen molar-refractivity contribution in [2.24, 2.45) is 0 Å². The Labute approximate surface area is 138 Å². The summed E-state index contributed by atoms with van der Waals surface area (Å²) in [5, 5.41) is 3.79. The molecule has 1 aromatic rings. The van der Waals surface area contributed by atoms with Gasteiger partial charge in [0.2, 0.25) is 5.91 Å². The topological polar surface area (TPSA) is 41.6 Å². The maximum atomic E-state index is 12.0. The third kappa shape index (κ3) is 7.67. The molecule has 0 fully saturated rings. The highest BCUT2D eigenvalue weighted by molar-refractivity contribution is 6.30. The molecule has 21 heavy (non-hydrogen) atoms. The molecule has 0 saturated carbocycles. The molecular weight excluding hydrogens is 311 g/mol. The molecule has 0 radical (unpaired) electrons. The Morgan fingerprint density at radius 2 is 2.00 bits per heavy atom. The highest BCUT2D eigenvalue weighted by Crippen LogP contribution is 2.12. The fraction of sp³-hybridized carbons (Fsp3) is 0.533. The molecule has 1 aromatic carbocycles. The molecule has 4 nitrogen and oxygen atoms in total. The molecule has 1 unspecified atom stereocenters. The number of carbonyl (C=O) groups is 1. The second kappa shape index (κ2) is 10.9. The van der Waals surface area contributed by atoms with Gasteiger partial charge in [0, 0.05) is 31.8 Å². The van der Waals surface area contributed by atoms with Crippen LogP contribution in [0.2, 0.25) is 5.02 Å². The van der Waals surface area contributed by atoms with E-state index in [1.807, 2.05) is 38.2 Å². The molecule has 0 spiro atoms. The van der Waals surface area contributed by atoms with E-state index < -0.39 is 0 Å². The van der Waals surface area contributed by atoms with Gasteiger partial charge in [0.25, 0.3) is 0 Å². The van der Waals surface area contributed by atoms with Gasteiger partial charge < -0.3 is 15.0 Å². The lowest BCUT2D eigenvalue weighted by atomic mass is 10.1. The highest BCUT2D eigenvalue weighted by Gasteiger charge is 2.15. The van der Waals surface area contributed by atoms with Crippen LogP contribution in [0.4, 0.5) is 0 Å². The first-order chi connectivity index (χ1) is 9.54. The van der Waals surface area contributed by atoms with Crippen molar-refractivity contribution in [1.29, 1.82) is 0 Å². The van der Waals surface area contributed by atoms with Crippen LogP contribution in [0.3, 0.4) is 0 Å². The number of hydrogen-bond donors (Lipinski definition) is 1. The predicted molar refractivity (Wildman–Crippen MR) is 89.4 cm³/mol. The van der Waals surface area contributed by atoms with Crippen molar-refractivity contribution in [3.05, 3.63) is 34.9 Å². The summed E-state index contributed by atoms with van der Waals surface area (Å²) in [4.78, 5) is 13.8. The number of likely N-dealkylation sites (N-methyl/N-ethyl adjacent to an activating group) is 1. The van der Waals surface area contributed by atoms with Crippen molar-refractivity contribution >= 4 is 29.9 Å². The molecule has 0 aromatic heterocycles. The van der Waals surface area contributed by atoms with E-state index >= 15 is 0 Å². The van der Waals surface area contributed by atoms with Gasteiger partial charge in [-0.2, -0.15) is 0 Å². The fourth-order valence-electron chi connectivity index (χ4n) is 1.84. The second-order valence-corrected chi connectivity index (χ2v) is 5.29. The number of carbonyl (C=O) groups excluding carboxylic acids is 1. The van der Waals surface area contributed by atoms with Crippen LogP contribution in [-0.4, -0.2) is 50.7 Å². The van der Waals surface area contributed by atoms with Crippen molar-refractivity contribution in [1.82, 2.24) is 10.2 Å². The van der Waals surface area contributed by atoms with Gasteiger partial charge in [0.1, 0.15) is 0 Å². The normalized spacial score (nSPS) is 11.6. The average molecular weight is 335 g/mol. The fourth-order valence-corrected chi connectivity index (χ4v) is 1.96. The van der Waals surface area contributed by atoms with Gasteiger partial charge in [-0.3, -0.25) is 4.79 Å². The van der Waals surface area contributed by atoms with Crippen molar-refractivity contribution in [3.63, 3.8) is 0 Å². The summed E-state index contributed by atoms with van der Waals surface area (Å²) in [5.41, 5.74) is 1.17. The Morgan fingerprint density at radius 3 is 2.57 bits per heavy atom. The summed E-state index contributed by atoms with van der Waals surface area (Å²) in [5.74, 6) is 0.0857. The first-order valence-corrected chi connectivity index (χ1v) is 7.12. The summed E-state index contributed by atoms with van der Waals surface area (Å²) >= 11 is 5.86.